The van der Waals surface area contributed by atoms with Crippen molar-refractivity contribution in [3.8, 4) is 17.0 Å². The van der Waals surface area contributed by atoms with E-state index in [0.29, 0.717) is 10.9 Å². The van der Waals surface area contributed by atoms with Gasteiger partial charge in [0.1, 0.15) is 11.6 Å². The van der Waals surface area contributed by atoms with Crippen LogP contribution in [-0.4, -0.2) is 54.3 Å². The van der Waals surface area contributed by atoms with E-state index in [4.69, 9.17) is 19.8 Å². The van der Waals surface area contributed by atoms with Gasteiger partial charge in [-0.1, -0.05) is 54.2 Å². The number of carboxylic acids is 1. The van der Waals surface area contributed by atoms with Crippen LogP contribution in [0, 0.1) is 0 Å². The normalized spacial score (nSPS) is 13.4. The first-order valence-corrected chi connectivity index (χ1v) is 13.1. The molecule has 0 amide bonds. The number of aromatic nitrogens is 2. The van der Waals surface area contributed by atoms with Gasteiger partial charge in [-0.15, -0.1) is 0 Å². The van der Waals surface area contributed by atoms with Gasteiger partial charge in [0, 0.05) is 49.2 Å². The summed E-state index contributed by atoms with van der Waals surface area (Å²) in [4.78, 5) is 25.6. The molecular formula is C29H28N4O3S. The molecule has 1 aromatic heterocycles. The third-order valence-corrected chi connectivity index (χ3v) is 7.29. The Morgan fingerprint density at radius 3 is 2.22 bits per heavy atom. The van der Waals surface area contributed by atoms with Crippen molar-refractivity contribution in [1.82, 2.24) is 9.97 Å². The predicted molar refractivity (Wildman–Crippen MR) is 148 cm³/mol. The molecule has 1 aliphatic heterocycles. The second-order valence-corrected chi connectivity index (χ2v) is 9.67. The minimum absolute atomic E-state index is 0.284. The quantitative estimate of drug-likeness (QED) is 0.246. The zero-order chi connectivity index (χ0) is 25.6. The molecule has 3 aromatic carbocycles. The number of ether oxygens (including phenoxy) is 1. The molecule has 8 heteroatoms. The van der Waals surface area contributed by atoms with Gasteiger partial charge in [0.15, 0.2) is 5.16 Å². The number of carbonyl (C=O) groups is 1. The molecule has 1 fully saturated rings. The SMILES string of the molecule is COc1ccc(N2CCN(c3cc(-c4ccccc4)nc(SCc4ccc(C(=O)O)cc4)n3)CC2)cc1. The number of methoxy groups -OCH3 is 1. The van der Waals surface area contributed by atoms with E-state index in [1.54, 1.807) is 31.0 Å². The van der Waals surface area contributed by atoms with Gasteiger partial charge in [0.25, 0.3) is 0 Å². The number of hydrogen-bond donors (Lipinski definition) is 1. The molecule has 0 aliphatic carbocycles. The van der Waals surface area contributed by atoms with Crippen molar-refractivity contribution in [2.24, 2.45) is 0 Å². The topological polar surface area (TPSA) is 78.8 Å². The smallest absolute Gasteiger partial charge is 0.335 e. The number of hydrogen-bond acceptors (Lipinski definition) is 7. The monoisotopic (exact) mass is 512 g/mol. The second kappa shape index (κ2) is 11.3. The fourth-order valence-electron chi connectivity index (χ4n) is 4.27. The van der Waals surface area contributed by atoms with Crippen LogP contribution >= 0.6 is 11.8 Å². The Bertz CT molecular complexity index is 1340. The molecular weight excluding hydrogens is 484 g/mol. The fraction of sp³-hybridized carbons (Fsp3) is 0.207. The Morgan fingerprint density at radius 2 is 1.57 bits per heavy atom. The van der Waals surface area contributed by atoms with E-state index in [-0.39, 0.29) is 5.56 Å². The maximum Gasteiger partial charge on any atom is 0.335 e. The van der Waals surface area contributed by atoms with Crippen molar-refractivity contribution < 1.29 is 14.6 Å². The van der Waals surface area contributed by atoms with Gasteiger partial charge >= 0.3 is 5.97 Å². The van der Waals surface area contributed by atoms with Gasteiger partial charge in [-0.25, -0.2) is 14.8 Å². The van der Waals surface area contributed by atoms with Crippen LogP contribution in [0.2, 0.25) is 0 Å². The van der Waals surface area contributed by atoms with Crippen molar-refractivity contribution in [2.75, 3.05) is 43.1 Å². The van der Waals surface area contributed by atoms with Crippen LogP contribution < -0.4 is 14.5 Å². The van der Waals surface area contributed by atoms with E-state index in [2.05, 4.69) is 40.1 Å². The summed E-state index contributed by atoms with van der Waals surface area (Å²) in [6.45, 7) is 3.51. The van der Waals surface area contributed by atoms with E-state index < -0.39 is 5.97 Å². The highest BCUT2D eigenvalue weighted by Gasteiger charge is 2.20. The third kappa shape index (κ3) is 6.03. The lowest BCUT2D eigenvalue weighted by Gasteiger charge is -2.37. The third-order valence-electron chi connectivity index (χ3n) is 6.37. The predicted octanol–water partition coefficient (Wildman–Crippen LogP) is 5.47. The minimum Gasteiger partial charge on any atom is -0.497 e. The zero-order valence-electron chi connectivity index (χ0n) is 20.6. The number of nitrogens with zero attached hydrogens (tertiary/aromatic N) is 4. The van der Waals surface area contributed by atoms with Crippen molar-refractivity contribution in [1.29, 1.82) is 0 Å². The van der Waals surface area contributed by atoms with E-state index >= 15 is 0 Å². The Morgan fingerprint density at radius 1 is 0.892 bits per heavy atom. The highest BCUT2D eigenvalue weighted by Crippen LogP contribution is 2.29. The van der Waals surface area contributed by atoms with Gasteiger partial charge in [0.05, 0.1) is 18.4 Å². The molecule has 7 nitrogen and oxygen atoms in total. The standard InChI is InChI=1S/C29H28N4O3S/c1-36-25-13-11-24(12-14-25)32-15-17-33(18-16-32)27-19-26(22-5-3-2-4-6-22)30-29(31-27)37-20-21-7-9-23(10-8-21)28(34)35/h2-14,19H,15-18,20H2,1H3,(H,34,35). The first-order valence-electron chi connectivity index (χ1n) is 12.1. The molecule has 0 unspecified atom stereocenters. The summed E-state index contributed by atoms with van der Waals surface area (Å²) in [7, 11) is 1.68. The van der Waals surface area contributed by atoms with Crippen LogP contribution in [0.5, 0.6) is 5.75 Å². The summed E-state index contributed by atoms with van der Waals surface area (Å²) < 4.78 is 5.29. The highest BCUT2D eigenvalue weighted by molar-refractivity contribution is 7.98. The van der Waals surface area contributed by atoms with Gasteiger partial charge in [0.2, 0.25) is 0 Å². The average Bonchev–Trinajstić information content (AvgIpc) is 2.97. The summed E-state index contributed by atoms with van der Waals surface area (Å²) in [5.74, 6) is 1.52. The number of benzene rings is 3. The van der Waals surface area contributed by atoms with Crippen molar-refractivity contribution >= 4 is 29.2 Å². The van der Waals surface area contributed by atoms with Crippen LogP contribution in [0.15, 0.2) is 90.1 Å². The molecule has 2 heterocycles. The van der Waals surface area contributed by atoms with Crippen LogP contribution in [0.25, 0.3) is 11.3 Å². The van der Waals surface area contributed by atoms with Crippen LogP contribution in [0.4, 0.5) is 11.5 Å². The van der Waals surface area contributed by atoms with Gasteiger partial charge in [-0.3, -0.25) is 0 Å². The molecule has 0 spiro atoms. The zero-order valence-corrected chi connectivity index (χ0v) is 21.4. The summed E-state index contributed by atoms with van der Waals surface area (Å²) >= 11 is 1.56. The lowest BCUT2D eigenvalue weighted by molar-refractivity contribution is 0.0697. The largest absolute Gasteiger partial charge is 0.497 e. The molecule has 1 N–H and O–H groups in total. The number of rotatable bonds is 8. The van der Waals surface area contributed by atoms with Gasteiger partial charge < -0.3 is 19.6 Å². The number of carboxylic acid groups (broad SMARTS) is 1. The molecule has 0 saturated carbocycles. The molecule has 4 aromatic rings. The summed E-state index contributed by atoms with van der Waals surface area (Å²) in [5.41, 5.74) is 4.45. The summed E-state index contributed by atoms with van der Waals surface area (Å²) in [6, 6.07) is 27.4. The average molecular weight is 513 g/mol. The Hall–Kier alpha value is -4.04. The second-order valence-electron chi connectivity index (χ2n) is 8.72. The first-order chi connectivity index (χ1) is 18.1. The minimum atomic E-state index is -0.921. The number of thioether (sulfide) groups is 1. The number of aromatic carboxylic acids is 1. The molecule has 0 radical (unpaired) electrons. The molecule has 1 saturated heterocycles. The molecule has 0 atom stereocenters. The highest BCUT2D eigenvalue weighted by atomic mass is 32.2. The number of anilines is 2. The Labute approximate surface area is 220 Å². The van der Waals surface area contributed by atoms with Crippen LogP contribution in [-0.2, 0) is 5.75 Å². The molecule has 0 bridgehead atoms. The molecule has 188 valence electrons. The van der Waals surface area contributed by atoms with E-state index in [0.717, 1.165) is 54.6 Å². The Balaban J connectivity index is 1.33. The maximum absolute atomic E-state index is 11.1. The summed E-state index contributed by atoms with van der Waals surface area (Å²) in [5, 5.41) is 9.85. The molecule has 37 heavy (non-hydrogen) atoms. The lowest BCUT2D eigenvalue weighted by Crippen LogP contribution is -2.46. The van der Waals surface area contributed by atoms with Crippen LogP contribution in [0.3, 0.4) is 0 Å². The fourth-order valence-corrected chi connectivity index (χ4v) is 5.08. The van der Waals surface area contributed by atoms with Crippen molar-refractivity contribution in [2.45, 2.75) is 10.9 Å². The molecule has 1 aliphatic rings. The van der Waals surface area contributed by atoms with E-state index in [9.17, 15) is 4.79 Å². The first kappa shape index (κ1) is 24.6. The molecule has 5 rings (SSSR count). The summed E-state index contributed by atoms with van der Waals surface area (Å²) in [6.07, 6.45) is 0. The van der Waals surface area contributed by atoms with Gasteiger partial charge in [-0.2, -0.15) is 0 Å². The van der Waals surface area contributed by atoms with E-state index in [1.165, 1.54) is 5.69 Å². The van der Waals surface area contributed by atoms with Crippen LogP contribution in [0.1, 0.15) is 15.9 Å². The van der Waals surface area contributed by atoms with Gasteiger partial charge in [-0.05, 0) is 42.0 Å². The van der Waals surface area contributed by atoms with Crippen molar-refractivity contribution in [3.63, 3.8) is 0 Å². The maximum atomic E-state index is 11.1. The Kier molecular flexibility index (Phi) is 7.56. The van der Waals surface area contributed by atoms with Crippen molar-refractivity contribution in [3.05, 3.63) is 96.1 Å². The lowest BCUT2D eigenvalue weighted by atomic mass is 10.1. The van der Waals surface area contributed by atoms with E-state index in [1.807, 2.05) is 42.5 Å². The number of piperazine rings is 1.